The lowest BCUT2D eigenvalue weighted by atomic mass is 10.1. The molecule has 0 aromatic heterocycles. The fraction of sp³-hybridized carbons (Fsp3) is 0.111. The molecule has 3 nitrogen and oxygen atoms in total. The molecule has 1 aromatic carbocycles. The molecule has 0 amide bonds. The van der Waals surface area contributed by atoms with Crippen LogP contribution in [-0.2, 0) is 10.8 Å². The first-order chi connectivity index (χ1) is 7.08. The molecule has 1 radical (unpaired) electrons. The van der Waals surface area contributed by atoms with Crippen molar-refractivity contribution in [1.82, 2.24) is 0 Å². The van der Waals surface area contributed by atoms with Gasteiger partial charge in [0.05, 0.1) is 11.1 Å². The molecule has 77 valence electrons. The summed E-state index contributed by atoms with van der Waals surface area (Å²) in [6, 6.07) is 5.44. The minimum Gasteiger partial charge on any atom is -0.386 e. The Labute approximate surface area is 97.0 Å². The standard InChI is InChI=1S/C9H5Cl2O3Si/c10-15(11)4-5-1-2-6-7(3-5)9(13)14-8(6)12/h1-3H,4H2. The monoisotopic (exact) mass is 259 g/mol. The largest absolute Gasteiger partial charge is 0.386 e. The Balaban J connectivity index is 2.38. The van der Waals surface area contributed by atoms with Gasteiger partial charge in [0.1, 0.15) is 0 Å². The van der Waals surface area contributed by atoms with Crippen LogP contribution in [0.3, 0.4) is 0 Å². The second-order valence-electron chi connectivity index (χ2n) is 3.07. The van der Waals surface area contributed by atoms with E-state index in [0.717, 1.165) is 5.56 Å². The molecule has 1 aliphatic rings. The summed E-state index contributed by atoms with van der Waals surface area (Å²) in [5.74, 6) is -1.20. The van der Waals surface area contributed by atoms with Crippen LogP contribution in [0.4, 0.5) is 0 Å². The summed E-state index contributed by atoms with van der Waals surface area (Å²) < 4.78 is 4.46. The maximum Gasteiger partial charge on any atom is 0.346 e. The number of benzene rings is 1. The number of halogens is 2. The molecule has 1 aromatic rings. The number of hydrogen-bond donors (Lipinski definition) is 0. The number of esters is 2. The van der Waals surface area contributed by atoms with Gasteiger partial charge >= 0.3 is 11.9 Å². The van der Waals surface area contributed by atoms with Crippen molar-refractivity contribution in [3.8, 4) is 0 Å². The van der Waals surface area contributed by atoms with Gasteiger partial charge in [-0.05, 0) is 23.7 Å². The molecule has 0 saturated heterocycles. The fourth-order valence-electron chi connectivity index (χ4n) is 1.40. The van der Waals surface area contributed by atoms with E-state index in [4.69, 9.17) is 22.2 Å². The Morgan fingerprint density at radius 1 is 1.13 bits per heavy atom. The van der Waals surface area contributed by atoms with Gasteiger partial charge in [-0.1, -0.05) is 6.07 Å². The maximum absolute atomic E-state index is 11.2. The molecule has 6 heteroatoms. The zero-order chi connectivity index (χ0) is 11.0. The van der Waals surface area contributed by atoms with Crippen molar-refractivity contribution in [3.05, 3.63) is 34.9 Å². The third-order valence-electron chi connectivity index (χ3n) is 2.05. The fourth-order valence-corrected chi connectivity index (χ4v) is 2.85. The molecule has 0 unspecified atom stereocenters. The lowest BCUT2D eigenvalue weighted by molar-refractivity contribution is 0.0444. The van der Waals surface area contributed by atoms with Gasteiger partial charge in [-0.3, -0.25) is 0 Å². The summed E-state index contributed by atoms with van der Waals surface area (Å²) >= 11 is 11.4. The molecule has 0 N–H and O–H groups in total. The van der Waals surface area contributed by atoms with Crippen LogP contribution < -0.4 is 0 Å². The van der Waals surface area contributed by atoms with E-state index in [2.05, 4.69) is 4.74 Å². The van der Waals surface area contributed by atoms with Gasteiger partial charge in [-0.25, -0.2) is 9.59 Å². The third kappa shape index (κ3) is 2.07. The van der Waals surface area contributed by atoms with E-state index in [1.54, 1.807) is 18.2 Å². The average molecular weight is 260 g/mol. The normalized spacial score (nSPS) is 14.3. The molecule has 15 heavy (non-hydrogen) atoms. The predicted octanol–water partition coefficient (Wildman–Crippen LogP) is 2.04. The molecular weight excluding hydrogens is 255 g/mol. The molecule has 2 rings (SSSR count). The van der Waals surface area contributed by atoms with E-state index in [0.29, 0.717) is 17.2 Å². The SMILES string of the molecule is O=C1OC(=O)c2cc(C[Si](Cl)Cl)ccc21. The molecule has 1 aliphatic heterocycles. The quantitative estimate of drug-likeness (QED) is 0.354. The van der Waals surface area contributed by atoms with Crippen LogP contribution in [0.5, 0.6) is 0 Å². The van der Waals surface area contributed by atoms with Crippen LogP contribution >= 0.6 is 22.2 Å². The van der Waals surface area contributed by atoms with Crippen LogP contribution in [0.15, 0.2) is 18.2 Å². The first-order valence-electron chi connectivity index (χ1n) is 4.14. The van der Waals surface area contributed by atoms with E-state index in [9.17, 15) is 9.59 Å². The summed E-state index contributed by atoms with van der Waals surface area (Å²) in [5, 5.41) is 0. The number of rotatable bonds is 2. The van der Waals surface area contributed by atoms with Crippen molar-refractivity contribution in [2.45, 2.75) is 6.04 Å². The highest BCUT2D eigenvalue weighted by atomic mass is 35.7. The van der Waals surface area contributed by atoms with Crippen LogP contribution in [0, 0.1) is 0 Å². The summed E-state index contributed by atoms with van der Waals surface area (Å²) in [6.45, 7) is 0. The Morgan fingerprint density at radius 3 is 2.47 bits per heavy atom. The Hall–Kier alpha value is -0.843. The highest BCUT2D eigenvalue weighted by molar-refractivity contribution is 7.33. The summed E-state index contributed by atoms with van der Waals surface area (Å²) in [4.78, 5) is 22.3. The van der Waals surface area contributed by atoms with Crippen molar-refractivity contribution in [3.63, 3.8) is 0 Å². The van der Waals surface area contributed by atoms with Gasteiger partial charge in [0.2, 0.25) is 0 Å². The van der Waals surface area contributed by atoms with Crippen LogP contribution in [0.2, 0.25) is 0 Å². The van der Waals surface area contributed by atoms with Crippen molar-refractivity contribution in [2.24, 2.45) is 0 Å². The van der Waals surface area contributed by atoms with Crippen molar-refractivity contribution in [1.29, 1.82) is 0 Å². The number of cyclic esters (lactones) is 2. The van der Waals surface area contributed by atoms with E-state index in [1.165, 1.54) is 0 Å². The number of fused-ring (bicyclic) bond motifs is 1. The highest BCUT2D eigenvalue weighted by Crippen LogP contribution is 2.22. The average Bonchev–Trinajstić information content (AvgIpc) is 2.41. The number of carbonyl (C=O) groups is 2. The summed E-state index contributed by atoms with van der Waals surface area (Å²) in [6.07, 6.45) is 0. The molecule has 0 fully saturated rings. The van der Waals surface area contributed by atoms with Crippen LogP contribution in [0.25, 0.3) is 0 Å². The minimum atomic E-state index is -1.43. The van der Waals surface area contributed by atoms with Gasteiger partial charge in [0.25, 0.3) is 7.42 Å². The highest BCUT2D eigenvalue weighted by Gasteiger charge is 2.29. The third-order valence-corrected chi connectivity index (χ3v) is 3.52. The second-order valence-corrected chi connectivity index (χ2v) is 7.42. The minimum absolute atomic E-state index is 0.300. The number of carbonyl (C=O) groups excluding carboxylic acids is 2. The van der Waals surface area contributed by atoms with Crippen molar-refractivity contribution in [2.75, 3.05) is 0 Å². The van der Waals surface area contributed by atoms with Gasteiger partial charge in [0, 0.05) is 0 Å². The smallest absolute Gasteiger partial charge is 0.346 e. The Kier molecular flexibility index (Phi) is 2.82. The van der Waals surface area contributed by atoms with Gasteiger partial charge in [0.15, 0.2) is 0 Å². The zero-order valence-electron chi connectivity index (χ0n) is 7.42. The van der Waals surface area contributed by atoms with Crippen molar-refractivity contribution >= 4 is 41.5 Å². The number of hydrogen-bond acceptors (Lipinski definition) is 3. The molecule has 0 bridgehead atoms. The lowest BCUT2D eigenvalue weighted by Gasteiger charge is -2.00. The van der Waals surface area contributed by atoms with E-state index in [1.807, 2.05) is 0 Å². The molecular formula is C9H5Cl2O3Si. The van der Waals surface area contributed by atoms with Gasteiger partial charge < -0.3 is 4.74 Å². The van der Waals surface area contributed by atoms with Gasteiger partial charge in [-0.15, -0.1) is 22.2 Å². The first kappa shape index (κ1) is 10.7. The van der Waals surface area contributed by atoms with Crippen molar-refractivity contribution < 1.29 is 14.3 Å². The van der Waals surface area contributed by atoms with E-state index >= 15 is 0 Å². The van der Waals surface area contributed by atoms with Crippen LogP contribution in [-0.4, -0.2) is 19.4 Å². The number of ether oxygens (including phenoxy) is 1. The van der Waals surface area contributed by atoms with E-state index in [-0.39, 0.29) is 0 Å². The molecule has 0 saturated carbocycles. The molecule has 0 atom stereocenters. The van der Waals surface area contributed by atoms with Crippen LogP contribution in [0.1, 0.15) is 26.3 Å². The van der Waals surface area contributed by atoms with E-state index < -0.39 is 19.4 Å². The zero-order valence-corrected chi connectivity index (χ0v) is 9.93. The lowest BCUT2D eigenvalue weighted by Crippen LogP contribution is -2.01. The molecule has 1 heterocycles. The summed E-state index contributed by atoms with van der Waals surface area (Å²) in [5.41, 5.74) is 1.45. The topological polar surface area (TPSA) is 43.4 Å². The molecule has 0 spiro atoms. The summed E-state index contributed by atoms with van der Waals surface area (Å²) in [7, 11) is -1.43. The van der Waals surface area contributed by atoms with Gasteiger partial charge in [-0.2, -0.15) is 0 Å². The maximum atomic E-state index is 11.2. The second kappa shape index (κ2) is 3.96. The Morgan fingerprint density at radius 2 is 1.80 bits per heavy atom. The molecule has 0 aliphatic carbocycles. The predicted molar refractivity (Wildman–Crippen MR) is 57.4 cm³/mol. The first-order valence-corrected chi connectivity index (χ1v) is 7.87. The Bertz CT molecular complexity index is 445.